The molecule has 9 heteroatoms. The fourth-order valence-electron chi connectivity index (χ4n) is 3.55. The highest BCUT2D eigenvalue weighted by molar-refractivity contribution is 7.89. The molecule has 0 saturated carbocycles. The van der Waals surface area contributed by atoms with Gasteiger partial charge >= 0.3 is 5.97 Å². The van der Waals surface area contributed by atoms with Gasteiger partial charge in [-0.2, -0.15) is 9.40 Å². The van der Waals surface area contributed by atoms with Crippen LogP contribution >= 0.6 is 0 Å². The van der Waals surface area contributed by atoms with E-state index in [1.807, 2.05) is 36.5 Å². The molecule has 0 spiro atoms. The molecule has 0 radical (unpaired) electrons. The molecule has 0 aliphatic carbocycles. The van der Waals surface area contributed by atoms with E-state index < -0.39 is 27.7 Å². The van der Waals surface area contributed by atoms with Gasteiger partial charge in [0.25, 0.3) is 0 Å². The number of benzene rings is 2. The number of nitrogens with zero attached hydrogens (tertiary/aromatic N) is 3. The van der Waals surface area contributed by atoms with Gasteiger partial charge in [0.2, 0.25) is 10.0 Å². The van der Waals surface area contributed by atoms with Crippen molar-refractivity contribution in [3.63, 3.8) is 0 Å². The van der Waals surface area contributed by atoms with Crippen molar-refractivity contribution in [3.05, 3.63) is 78.4 Å². The van der Waals surface area contributed by atoms with Crippen LogP contribution < -0.4 is 0 Å². The molecular weight excluding hydrogens is 421 g/mol. The summed E-state index contributed by atoms with van der Waals surface area (Å²) in [6.45, 7) is 0.481. The highest BCUT2D eigenvalue weighted by Crippen LogP contribution is 2.25. The van der Waals surface area contributed by atoms with Gasteiger partial charge in [-0.25, -0.2) is 17.5 Å². The summed E-state index contributed by atoms with van der Waals surface area (Å²) in [6.07, 6.45) is 4.65. The molecule has 1 aliphatic rings. The molecule has 1 fully saturated rings. The van der Waals surface area contributed by atoms with Gasteiger partial charge in [-0.3, -0.25) is 4.79 Å². The molecule has 3 aromatic rings. The molecule has 2 aromatic carbocycles. The van der Waals surface area contributed by atoms with E-state index >= 15 is 0 Å². The summed E-state index contributed by atoms with van der Waals surface area (Å²) < 4.78 is 47.2. The van der Waals surface area contributed by atoms with Gasteiger partial charge in [0.15, 0.2) is 0 Å². The Kier molecular flexibility index (Phi) is 6.15. The van der Waals surface area contributed by atoms with E-state index in [1.54, 1.807) is 10.9 Å². The highest BCUT2D eigenvalue weighted by atomic mass is 32.2. The second-order valence-corrected chi connectivity index (χ2v) is 9.32. The maximum atomic E-state index is 13.1. The number of piperidine rings is 1. The lowest BCUT2D eigenvalue weighted by molar-refractivity contribution is -0.151. The van der Waals surface area contributed by atoms with Crippen molar-refractivity contribution in [2.45, 2.75) is 24.3 Å². The van der Waals surface area contributed by atoms with E-state index in [2.05, 4.69) is 5.10 Å². The van der Waals surface area contributed by atoms with E-state index in [0.717, 1.165) is 23.4 Å². The Labute approximate surface area is 180 Å². The third kappa shape index (κ3) is 4.83. The highest BCUT2D eigenvalue weighted by Gasteiger charge is 2.34. The lowest BCUT2D eigenvalue weighted by Crippen LogP contribution is -2.42. The number of carbonyl (C=O) groups excluding carboxylic acids is 1. The Hall–Kier alpha value is -3.04. The molecule has 1 aromatic heterocycles. The average molecular weight is 444 g/mol. The zero-order valence-corrected chi connectivity index (χ0v) is 17.5. The van der Waals surface area contributed by atoms with Gasteiger partial charge in [-0.1, -0.05) is 12.1 Å². The van der Waals surface area contributed by atoms with Crippen molar-refractivity contribution in [1.82, 2.24) is 14.1 Å². The Morgan fingerprint density at radius 3 is 2.55 bits per heavy atom. The molecule has 1 aliphatic heterocycles. The molecule has 162 valence electrons. The van der Waals surface area contributed by atoms with Gasteiger partial charge in [-0.15, -0.1) is 0 Å². The number of hydrogen-bond donors (Lipinski definition) is 0. The number of aromatic nitrogens is 2. The van der Waals surface area contributed by atoms with Crippen LogP contribution in [0.25, 0.3) is 5.69 Å². The SMILES string of the molecule is O=C(OCc1ccc(-n2cccn2)cc1)C1CCCN(S(=O)(=O)c2ccc(F)cc2)C1. The molecule has 7 nitrogen and oxygen atoms in total. The first-order chi connectivity index (χ1) is 14.9. The Balaban J connectivity index is 1.36. The summed E-state index contributed by atoms with van der Waals surface area (Å²) >= 11 is 0. The molecule has 0 bridgehead atoms. The minimum absolute atomic E-state index is 0.0141. The molecule has 4 rings (SSSR count). The molecule has 2 heterocycles. The Morgan fingerprint density at radius 2 is 1.87 bits per heavy atom. The lowest BCUT2D eigenvalue weighted by atomic mass is 10.00. The van der Waals surface area contributed by atoms with Crippen LogP contribution in [0.3, 0.4) is 0 Å². The molecule has 31 heavy (non-hydrogen) atoms. The van der Waals surface area contributed by atoms with Gasteiger partial charge in [0.1, 0.15) is 12.4 Å². The van der Waals surface area contributed by atoms with E-state index in [0.29, 0.717) is 19.4 Å². The fourth-order valence-corrected chi connectivity index (χ4v) is 5.07. The zero-order valence-electron chi connectivity index (χ0n) is 16.7. The van der Waals surface area contributed by atoms with E-state index in [4.69, 9.17) is 4.74 Å². The molecular formula is C22H22FN3O4S. The van der Waals surface area contributed by atoms with Crippen molar-refractivity contribution in [2.75, 3.05) is 13.1 Å². The van der Waals surface area contributed by atoms with Crippen LogP contribution in [0.5, 0.6) is 0 Å². The second-order valence-electron chi connectivity index (χ2n) is 7.38. The topological polar surface area (TPSA) is 81.5 Å². The first kappa shape index (κ1) is 21.2. The van der Waals surface area contributed by atoms with Crippen molar-refractivity contribution in [2.24, 2.45) is 5.92 Å². The van der Waals surface area contributed by atoms with Crippen LogP contribution in [0.1, 0.15) is 18.4 Å². The van der Waals surface area contributed by atoms with E-state index in [1.165, 1.54) is 16.4 Å². The van der Waals surface area contributed by atoms with Crippen molar-refractivity contribution < 1.29 is 22.3 Å². The van der Waals surface area contributed by atoms with Gasteiger partial charge in [0.05, 0.1) is 16.5 Å². The summed E-state index contributed by atoms with van der Waals surface area (Å²) in [5, 5.41) is 4.16. The first-order valence-electron chi connectivity index (χ1n) is 9.95. The number of esters is 1. The molecule has 1 atom stereocenters. The van der Waals surface area contributed by atoms with E-state index in [9.17, 15) is 17.6 Å². The van der Waals surface area contributed by atoms with Gasteiger partial charge < -0.3 is 4.74 Å². The van der Waals surface area contributed by atoms with Crippen LogP contribution in [-0.2, 0) is 26.2 Å². The molecule has 0 amide bonds. The number of ether oxygens (including phenoxy) is 1. The summed E-state index contributed by atoms with van der Waals surface area (Å²) in [6, 6.07) is 14.0. The average Bonchev–Trinajstić information content (AvgIpc) is 3.33. The molecule has 1 unspecified atom stereocenters. The Morgan fingerprint density at radius 1 is 1.13 bits per heavy atom. The summed E-state index contributed by atoms with van der Waals surface area (Å²) in [7, 11) is -3.79. The van der Waals surface area contributed by atoms with Crippen LogP contribution in [0, 0.1) is 11.7 Å². The first-order valence-corrected chi connectivity index (χ1v) is 11.4. The number of rotatable bonds is 6. The zero-order chi connectivity index (χ0) is 21.8. The molecule has 0 N–H and O–H groups in total. The predicted octanol–water partition coefficient (Wildman–Crippen LogP) is 3.16. The smallest absolute Gasteiger partial charge is 0.310 e. The largest absolute Gasteiger partial charge is 0.461 e. The van der Waals surface area contributed by atoms with Crippen LogP contribution in [-0.4, -0.2) is 41.6 Å². The maximum absolute atomic E-state index is 13.1. The third-order valence-corrected chi connectivity index (χ3v) is 7.13. The standard InChI is InChI=1S/C22H22FN3O4S/c23-19-6-10-21(11-7-19)31(28,29)25-13-1-3-18(15-25)22(27)30-16-17-4-8-20(9-5-17)26-14-2-12-24-26/h2,4-12,14,18H,1,3,13,15-16H2. The summed E-state index contributed by atoms with van der Waals surface area (Å²) in [5.41, 5.74) is 1.73. The van der Waals surface area contributed by atoms with Gasteiger partial charge in [0, 0.05) is 25.5 Å². The van der Waals surface area contributed by atoms with E-state index in [-0.39, 0.29) is 18.0 Å². The minimum atomic E-state index is -3.79. The summed E-state index contributed by atoms with van der Waals surface area (Å²) in [5.74, 6) is -1.46. The predicted molar refractivity (Wildman–Crippen MR) is 111 cm³/mol. The number of carbonyl (C=O) groups is 1. The number of hydrogen-bond acceptors (Lipinski definition) is 5. The quantitative estimate of drug-likeness (QED) is 0.547. The van der Waals surface area contributed by atoms with Crippen molar-refractivity contribution in [3.8, 4) is 5.69 Å². The summed E-state index contributed by atoms with van der Waals surface area (Å²) in [4.78, 5) is 12.6. The monoisotopic (exact) mass is 443 g/mol. The maximum Gasteiger partial charge on any atom is 0.310 e. The van der Waals surface area contributed by atoms with Crippen LogP contribution in [0.4, 0.5) is 4.39 Å². The number of halogens is 1. The van der Waals surface area contributed by atoms with Crippen LogP contribution in [0.15, 0.2) is 71.9 Å². The van der Waals surface area contributed by atoms with Crippen molar-refractivity contribution >= 4 is 16.0 Å². The Bertz CT molecular complexity index is 1130. The third-order valence-electron chi connectivity index (χ3n) is 5.26. The molecule has 1 saturated heterocycles. The van der Waals surface area contributed by atoms with Crippen molar-refractivity contribution in [1.29, 1.82) is 0 Å². The second kappa shape index (κ2) is 8.99. The fraction of sp³-hybridized carbons (Fsp3) is 0.273. The van der Waals surface area contributed by atoms with Crippen LogP contribution in [0.2, 0.25) is 0 Å². The minimum Gasteiger partial charge on any atom is -0.461 e. The lowest BCUT2D eigenvalue weighted by Gasteiger charge is -2.30. The number of sulfonamides is 1. The van der Waals surface area contributed by atoms with Gasteiger partial charge in [-0.05, 0) is 60.9 Å². The normalized spacial score (nSPS) is 17.4.